The predicted octanol–water partition coefficient (Wildman–Crippen LogP) is 3.25. The SMILES string of the molecule is Cc1ccc(-c2nc3ccc(Br)cn3c2N)o1. The van der Waals surface area contributed by atoms with Crippen molar-refractivity contribution in [1.29, 1.82) is 0 Å². The van der Waals surface area contributed by atoms with Crippen molar-refractivity contribution in [2.24, 2.45) is 0 Å². The molecule has 0 saturated heterocycles. The van der Waals surface area contributed by atoms with Crippen molar-refractivity contribution in [3.63, 3.8) is 0 Å². The van der Waals surface area contributed by atoms with Gasteiger partial charge in [0, 0.05) is 10.7 Å². The van der Waals surface area contributed by atoms with E-state index < -0.39 is 0 Å². The van der Waals surface area contributed by atoms with Crippen LogP contribution in [0, 0.1) is 6.92 Å². The third-order valence-corrected chi connectivity index (χ3v) is 3.06. The van der Waals surface area contributed by atoms with Gasteiger partial charge < -0.3 is 10.2 Å². The van der Waals surface area contributed by atoms with E-state index in [2.05, 4.69) is 20.9 Å². The molecule has 0 radical (unpaired) electrons. The third kappa shape index (κ3) is 1.63. The number of imidazole rings is 1. The molecule has 4 nitrogen and oxygen atoms in total. The minimum absolute atomic E-state index is 0.579. The molecule has 0 fully saturated rings. The van der Waals surface area contributed by atoms with Crippen molar-refractivity contribution < 1.29 is 4.42 Å². The van der Waals surface area contributed by atoms with Gasteiger partial charge in [-0.1, -0.05) is 0 Å². The van der Waals surface area contributed by atoms with Crippen LogP contribution in [-0.4, -0.2) is 9.38 Å². The summed E-state index contributed by atoms with van der Waals surface area (Å²) in [7, 11) is 0. The van der Waals surface area contributed by atoms with Crippen LogP contribution in [0.2, 0.25) is 0 Å². The van der Waals surface area contributed by atoms with Crippen LogP contribution in [0.15, 0.2) is 39.4 Å². The van der Waals surface area contributed by atoms with Crippen LogP contribution in [-0.2, 0) is 0 Å². The molecular weight excluding hydrogens is 282 g/mol. The minimum Gasteiger partial charge on any atom is -0.460 e. The van der Waals surface area contributed by atoms with Gasteiger partial charge in [-0.05, 0) is 47.1 Å². The van der Waals surface area contributed by atoms with Crippen molar-refractivity contribution in [3.8, 4) is 11.5 Å². The fourth-order valence-corrected chi connectivity index (χ4v) is 2.12. The maximum absolute atomic E-state index is 6.07. The molecule has 0 aliphatic rings. The molecule has 0 unspecified atom stereocenters. The number of nitrogen functional groups attached to an aromatic ring is 1. The van der Waals surface area contributed by atoms with Crippen molar-refractivity contribution in [2.45, 2.75) is 6.92 Å². The van der Waals surface area contributed by atoms with Crippen LogP contribution in [0.1, 0.15) is 5.76 Å². The van der Waals surface area contributed by atoms with E-state index in [4.69, 9.17) is 10.2 Å². The Labute approximate surface area is 106 Å². The second-order valence-corrected chi connectivity index (χ2v) is 4.75. The summed E-state index contributed by atoms with van der Waals surface area (Å²) in [5.41, 5.74) is 7.55. The number of nitrogens with zero attached hydrogens (tertiary/aromatic N) is 2. The molecule has 3 aromatic rings. The van der Waals surface area contributed by atoms with Gasteiger partial charge in [0.2, 0.25) is 0 Å². The lowest BCUT2D eigenvalue weighted by Gasteiger charge is -1.97. The minimum atomic E-state index is 0.579. The summed E-state index contributed by atoms with van der Waals surface area (Å²) in [6.07, 6.45) is 1.89. The number of rotatable bonds is 1. The van der Waals surface area contributed by atoms with Gasteiger partial charge in [-0.25, -0.2) is 4.98 Å². The standard InChI is InChI=1S/C12H10BrN3O/c1-7-2-4-9(17-7)11-12(14)16-6-8(13)3-5-10(16)15-11/h2-6H,14H2,1H3. The highest BCUT2D eigenvalue weighted by Gasteiger charge is 2.14. The van der Waals surface area contributed by atoms with E-state index in [-0.39, 0.29) is 0 Å². The molecule has 0 aliphatic heterocycles. The first-order valence-corrected chi connectivity index (χ1v) is 5.94. The molecule has 86 valence electrons. The topological polar surface area (TPSA) is 56.5 Å². The number of hydrogen-bond acceptors (Lipinski definition) is 3. The molecule has 0 saturated carbocycles. The predicted molar refractivity (Wildman–Crippen MR) is 69.7 cm³/mol. The summed E-state index contributed by atoms with van der Waals surface area (Å²) in [6.45, 7) is 1.89. The number of anilines is 1. The van der Waals surface area contributed by atoms with Gasteiger partial charge in [-0.3, -0.25) is 4.40 Å². The van der Waals surface area contributed by atoms with Crippen LogP contribution in [0.25, 0.3) is 17.1 Å². The van der Waals surface area contributed by atoms with Gasteiger partial charge in [0.05, 0.1) is 0 Å². The Morgan fingerprint density at radius 3 is 2.82 bits per heavy atom. The lowest BCUT2D eigenvalue weighted by Crippen LogP contribution is -1.93. The number of aromatic nitrogens is 2. The van der Waals surface area contributed by atoms with Gasteiger partial charge in [-0.15, -0.1) is 0 Å². The fraction of sp³-hybridized carbons (Fsp3) is 0.0833. The van der Waals surface area contributed by atoms with Crippen LogP contribution in [0.5, 0.6) is 0 Å². The molecule has 0 bridgehead atoms. The molecule has 0 spiro atoms. The first-order chi connectivity index (χ1) is 8.15. The normalized spacial score (nSPS) is 11.2. The number of nitrogens with two attached hydrogens (primary N) is 1. The van der Waals surface area contributed by atoms with Gasteiger partial charge in [-0.2, -0.15) is 0 Å². The Kier molecular flexibility index (Phi) is 2.22. The highest BCUT2D eigenvalue weighted by Crippen LogP contribution is 2.28. The van der Waals surface area contributed by atoms with E-state index >= 15 is 0 Å². The first-order valence-electron chi connectivity index (χ1n) is 5.15. The first kappa shape index (κ1) is 10.4. The van der Waals surface area contributed by atoms with E-state index in [1.807, 2.05) is 41.8 Å². The Bertz CT molecular complexity index is 699. The summed E-state index contributed by atoms with van der Waals surface area (Å²) >= 11 is 3.41. The molecule has 3 aromatic heterocycles. The van der Waals surface area contributed by atoms with Crippen LogP contribution >= 0.6 is 15.9 Å². The number of fused-ring (bicyclic) bond motifs is 1. The molecule has 0 aliphatic carbocycles. The van der Waals surface area contributed by atoms with Crippen molar-refractivity contribution in [1.82, 2.24) is 9.38 Å². The zero-order valence-electron chi connectivity index (χ0n) is 9.14. The summed E-state index contributed by atoms with van der Waals surface area (Å²) in [6, 6.07) is 7.61. The highest BCUT2D eigenvalue weighted by atomic mass is 79.9. The number of furan rings is 1. The average molecular weight is 292 g/mol. The van der Waals surface area contributed by atoms with Crippen molar-refractivity contribution in [3.05, 3.63) is 40.7 Å². The Morgan fingerprint density at radius 2 is 2.12 bits per heavy atom. The average Bonchev–Trinajstić information content (AvgIpc) is 2.84. The van der Waals surface area contributed by atoms with E-state index in [1.54, 1.807) is 0 Å². The number of halogens is 1. The highest BCUT2D eigenvalue weighted by molar-refractivity contribution is 9.10. The zero-order valence-corrected chi connectivity index (χ0v) is 10.7. The van der Waals surface area contributed by atoms with Crippen LogP contribution in [0.4, 0.5) is 5.82 Å². The molecule has 5 heteroatoms. The fourth-order valence-electron chi connectivity index (χ4n) is 1.78. The molecule has 17 heavy (non-hydrogen) atoms. The lowest BCUT2D eigenvalue weighted by molar-refractivity contribution is 0.547. The molecule has 3 heterocycles. The third-order valence-electron chi connectivity index (χ3n) is 2.59. The van der Waals surface area contributed by atoms with Gasteiger partial charge in [0.15, 0.2) is 5.76 Å². The second-order valence-electron chi connectivity index (χ2n) is 3.83. The zero-order chi connectivity index (χ0) is 12.0. The molecule has 2 N–H and O–H groups in total. The smallest absolute Gasteiger partial charge is 0.156 e. The Hall–Kier alpha value is -1.75. The number of pyridine rings is 1. The molecule has 0 amide bonds. The molecular formula is C12H10BrN3O. The number of aryl methyl sites for hydroxylation is 1. The molecule has 3 rings (SSSR count). The second kappa shape index (κ2) is 3.63. The quantitative estimate of drug-likeness (QED) is 0.749. The van der Waals surface area contributed by atoms with E-state index in [0.29, 0.717) is 17.3 Å². The van der Waals surface area contributed by atoms with E-state index in [1.165, 1.54) is 0 Å². The Morgan fingerprint density at radius 1 is 1.29 bits per heavy atom. The maximum atomic E-state index is 6.07. The summed E-state index contributed by atoms with van der Waals surface area (Å²) in [5, 5.41) is 0. The molecule has 0 aromatic carbocycles. The summed E-state index contributed by atoms with van der Waals surface area (Å²) < 4.78 is 8.33. The van der Waals surface area contributed by atoms with Gasteiger partial charge >= 0.3 is 0 Å². The Balaban J connectivity index is 2.27. The largest absolute Gasteiger partial charge is 0.460 e. The van der Waals surface area contributed by atoms with Crippen LogP contribution < -0.4 is 5.73 Å². The van der Waals surface area contributed by atoms with E-state index in [9.17, 15) is 0 Å². The van der Waals surface area contributed by atoms with Crippen molar-refractivity contribution >= 4 is 27.4 Å². The maximum Gasteiger partial charge on any atom is 0.156 e. The summed E-state index contributed by atoms with van der Waals surface area (Å²) in [4.78, 5) is 4.46. The monoisotopic (exact) mass is 291 g/mol. The lowest BCUT2D eigenvalue weighted by atomic mass is 10.3. The number of hydrogen-bond donors (Lipinski definition) is 1. The van der Waals surface area contributed by atoms with Gasteiger partial charge in [0.25, 0.3) is 0 Å². The van der Waals surface area contributed by atoms with Crippen molar-refractivity contribution in [2.75, 3.05) is 5.73 Å². The summed E-state index contributed by atoms with van der Waals surface area (Å²) in [5.74, 6) is 2.12. The molecule has 0 atom stereocenters. The van der Waals surface area contributed by atoms with Crippen LogP contribution in [0.3, 0.4) is 0 Å². The van der Waals surface area contributed by atoms with Gasteiger partial charge in [0.1, 0.15) is 22.9 Å². The van der Waals surface area contributed by atoms with E-state index in [0.717, 1.165) is 15.9 Å².